The lowest BCUT2D eigenvalue weighted by Crippen LogP contribution is -2.51. The highest BCUT2D eigenvalue weighted by molar-refractivity contribution is 6.01. The van der Waals surface area contributed by atoms with E-state index in [1.54, 1.807) is 4.90 Å². The van der Waals surface area contributed by atoms with Crippen molar-refractivity contribution in [2.75, 3.05) is 7.11 Å². The van der Waals surface area contributed by atoms with Gasteiger partial charge in [-0.05, 0) is 17.7 Å². The minimum absolute atomic E-state index is 0.151. The Hall–Kier alpha value is -3.08. The maximum Gasteiger partial charge on any atom is 0.330 e. The minimum atomic E-state index is -0.638. The molecule has 0 saturated carbocycles. The van der Waals surface area contributed by atoms with E-state index in [0.29, 0.717) is 18.8 Å². The Morgan fingerprint density at radius 3 is 2.60 bits per heavy atom. The maximum atomic E-state index is 13.1. The molecule has 4 rings (SSSR count). The Morgan fingerprint density at radius 1 is 1.12 bits per heavy atom. The molecule has 5 heteroatoms. The number of hydrogen-bond acceptors (Lipinski definition) is 3. The van der Waals surface area contributed by atoms with Gasteiger partial charge in [0.2, 0.25) is 0 Å². The molecule has 1 atom stereocenters. The van der Waals surface area contributed by atoms with E-state index in [0.717, 1.165) is 16.5 Å². The van der Waals surface area contributed by atoms with E-state index in [1.165, 1.54) is 7.11 Å². The van der Waals surface area contributed by atoms with Gasteiger partial charge in [-0.25, -0.2) is 4.79 Å². The number of rotatable bonds is 3. The van der Waals surface area contributed by atoms with Crippen molar-refractivity contribution in [3.8, 4) is 0 Å². The molecule has 0 unspecified atom stereocenters. The number of esters is 1. The lowest BCUT2D eigenvalue weighted by Gasteiger charge is -2.35. The Labute approximate surface area is 145 Å². The van der Waals surface area contributed by atoms with Gasteiger partial charge in [-0.2, -0.15) is 0 Å². The first-order chi connectivity index (χ1) is 12.2. The number of carbonyl (C=O) groups is 2. The summed E-state index contributed by atoms with van der Waals surface area (Å²) in [5.74, 6) is -0.547. The fraction of sp³-hybridized carbons (Fsp3) is 0.200. The van der Waals surface area contributed by atoms with Crippen molar-refractivity contribution in [1.82, 2.24) is 9.47 Å². The molecule has 0 fully saturated rings. The first kappa shape index (κ1) is 15.4. The Balaban J connectivity index is 1.79. The molecule has 1 aliphatic heterocycles. The molecule has 2 aromatic carbocycles. The minimum Gasteiger partial charge on any atom is -0.467 e. The third-order valence-corrected chi connectivity index (χ3v) is 4.69. The summed E-state index contributed by atoms with van der Waals surface area (Å²) in [5, 5.41) is 0.996. The van der Waals surface area contributed by atoms with E-state index in [4.69, 9.17) is 4.74 Å². The zero-order valence-electron chi connectivity index (χ0n) is 13.9. The monoisotopic (exact) mass is 334 g/mol. The summed E-state index contributed by atoms with van der Waals surface area (Å²) in [6.45, 7) is 0.773. The number of para-hydroxylation sites is 1. The molecule has 0 N–H and O–H groups in total. The zero-order chi connectivity index (χ0) is 17.4. The van der Waals surface area contributed by atoms with Gasteiger partial charge in [0, 0.05) is 17.4 Å². The molecule has 1 amide bonds. The van der Waals surface area contributed by atoms with Gasteiger partial charge in [0.15, 0.2) is 0 Å². The summed E-state index contributed by atoms with van der Waals surface area (Å²) < 4.78 is 6.88. The van der Waals surface area contributed by atoms with Gasteiger partial charge in [-0.1, -0.05) is 48.5 Å². The molecule has 0 spiro atoms. The second kappa shape index (κ2) is 6.09. The smallest absolute Gasteiger partial charge is 0.330 e. The van der Waals surface area contributed by atoms with E-state index >= 15 is 0 Å². The van der Waals surface area contributed by atoms with Crippen LogP contribution < -0.4 is 0 Å². The highest BCUT2D eigenvalue weighted by atomic mass is 16.5. The molecular weight excluding hydrogens is 316 g/mol. The number of fused-ring (bicyclic) bond motifs is 3. The molecular formula is C20H18N2O3. The highest BCUT2D eigenvalue weighted by Crippen LogP contribution is 2.28. The largest absolute Gasteiger partial charge is 0.467 e. The van der Waals surface area contributed by atoms with Crippen molar-refractivity contribution in [2.24, 2.45) is 0 Å². The summed E-state index contributed by atoms with van der Waals surface area (Å²) in [6, 6.07) is 18.7. The standard InChI is InChI=1S/C20H18N2O3/c1-25-20(24)18-13-21-16-10-6-5-9-15(16)11-17(21)19(23)22(18)12-14-7-3-2-4-8-14/h2-11,18H,12-13H2,1H3/t18-/m0/s1. The van der Waals surface area contributed by atoms with Crippen LogP contribution in [0.25, 0.3) is 10.9 Å². The lowest BCUT2D eigenvalue weighted by atomic mass is 10.1. The maximum absolute atomic E-state index is 13.1. The van der Waals surface area contributed by atoms with Crippen LogP contribution >= 0.6 is 0 Å². The molecule has 2 heterocycles. The number of amides is 1. The van der Waals surface area contributed by atoms with Gasteiger partial charge >= 0.3 is 5.97 Å². The highest BCUT2D eigenvalue weighted by Gasteiger charge is 2.38. The number of nitrogens with zero attached hydrogens (tertiary/aromatic N) is 2. The second-order valence-corrected chi connectivity index (χ2v) is 6.16. The van der Waals surface area contributed by atoms with Crippen LogP contribution in [0.3, 0.4) is 0 Å². The van der Waals surface area contributed by atoms with Crippen LogP contribution in [-0.4, -0.2) is 34.5 Å². The number of benzene rings is 2. The summed E-state index contributed by atoms with van der Waals surface area (Å²) in [7, 11) is 1.36. The van der Waals surface area contributed by atoms with E-state index in [9.17, 15) is 9.59 Å². The molecule has 0 saturated heterocycles. The molecule has 5 nitrogen and oxygen atoms in total. The topological polar surface area (TPSA) is 51.5 Å². The average molecular weight is 334 g/mol. The van der Waals surface area contributed by atoms with Crippen LogP contribution in [0.2, 0.25) is 0 Å². The normalized spacial score (nSPS) is 16.8. The van der Waals surface area contributed by atoms with Crippen LogP contribution in [0.5, 0.6) is 0 Å². The molecule has 1 aliphatic rings. The third-order valence-electron chi connectivity index (χ3n) is 4.69. The number of carbonyl (C=O) groups excluding carboxylic acids is 2. The quantitative estimate of drug-likeness (QED) is 0.692. The molecule has 1 aromatic heterocycles. The van der Waals surface area contributed by atoms with Crippen molar-refractivity contribution >= 4 is 22.8 Å². The molecule has 0 bridgehead atoms. The Bertz CT molecular complexity index is 946. The summed E-state index contributed by atoms with van der Waals surface area (Å²) in [5.41, 5.74) is 2.55. The van der Waals surface area contributed by atoms with Gasteiger partial charge < -0.3 is 14.2 Å². The van der Waals surface area contributed by atoms with Crippen molar-refractivity contribution in [2.45, 2.75) is 19.1 Å². The van der Waals surface area contributed by atoms with E-state index < -0.39 is 12.0 Å². The van der Waals surface area contributed by atoms with Crippen molar-refractivity contribution < 1.29 is 14.3 Å². The van der Waals surface area contributed by atoms with E-state index in [1.807, 2.05) is 65.2 Å². The van der Waals surface area contributed by atoms with Crippen LogP contribution in [-0.2, 0) is 22.6 Å². The summed E-state index contributed by atoms with van der Waals surface area (Å²) >= 11 is 0. The van der Waals surface area contributed by atoms with E-state index in [2.05, 4.69) is 0 Å². The Morgan fingerprint density at radius 2 is 1.84 bits per heavy atom. The number of aromatic nitrogens is 1. The van der Waals surface area contributed by atoms with Gasteiger partial charge in [-0.15, -0.1) is 0 Å². The molecule has 3 aromatic rings. The van der Waals surface area contributed by atoms with Crippen LogP contribution in [0.4, 0.5) is 0 Å². The first-order valence-electron chi connectivity index (χ1n) is 8.20. The number of hydrogen-bond donors (Lipinski definition) is 0. The predicted molar refractivity (Wildman–Crippen MR) is 94.1 cm³/mol. The van der Waals surface area contributed by atoms with Gasteiger partial charge in [0.1, 0.15) is 11.7 Å². The number of methoxy groups -OCH3 is 1. The van der Waals surface area contributed by atoms with Gasteiger partial charge in [-0.3, -0.25) is 4.79 Å². The van der Waals surface area contributed by atoms with Gasteiger partial charge in [0.25, 0.3) is 5.91 Å². The summed E-state index contributed by atoms with van der Waals surface area (Å²) in [4.78, 5) is 27.1. The van der Waals surface area contributed by atoms with Crippen LogP contribution in [0.15, 0.2) is 60.7 Å². The molecule has 0 aliphatic carbocycles. The van der Waals surface area contributed by atoms with Crippen molar-refractivity contribution in [3.63, 3.8) is 0 Å². The second-order valence-electron chi connectivity index (χ2n) is 6.16. The first-order valence-corrected chi connectivity index (χ1v) is 8.20. The Kier molecular flexibility index (Phi) is 3.76. The van der Waals surface area contributed by atoms with Gasteiger partial charge in [0.05, 0.1) is 13.7 Å². The van der Waals surface area contributed by atoms with Crippen molar-refractivity contribution in [1.29, 1.82) is 0 Å². The zero-order valence-corrected chi connectivity index (χ0v) is 13.9. The molecule has 0 radical (unpaired) electrons. The van der Waals surface area contributed by atoms with Crippen molar-refractivity contribution in [3.05, 3.63) is 71.9 Å². The summed E-state index contributed by atoms with van der Waals surface area (Å²) in [6.07, 6.45) is 0. The lowest BCUT2D eigenvalue weighted by molar-refractivity contribution is -0.147. The fourth-order valence-electron chi connectivity index (χ4n) is 3.44. The molecule has 126 valence electrons. The fourth-order valence-corrected chi connectivity index (χ4v) is 3.44. The van der Waals surface area contributed by atoms with E-state index in [-0.39, 0.29) is 5.91 Å². The van der Waals surface area contributed by atoms with Crippen LogP contribution in [0, 0.1) is 0 Å². The molecule has 25 heavy (non-hydrogen) atoms. The average Bonchev–Trinajstić information content (AvgIpc) is 3.03. The SMILES string of the molecule is COC(=O)[C@@H]1Cn2c(cc3ccccc32)C(=O)N1Cc1ccccc1. The van der Waals surface area contributed by atoms with Crippen LogP contribution in [0.1, 0.15) is 16.1 Å². The number of ether oxygens (including phenoxy) is 1. The third kappa shape index (κ3) is 2.58. The predicted octanol–water partition coefficient (Wildman–Crippen LogP) is 2.84.